The maximum atomic E-state index is 11.8. The summed E-state index contributed by atoms with van der Waals surface area (Å²) in [7, 11) is 0. The summed E-state index contributed by atoms with van der Waals surface area (Å²) in [5.41, 5.74) is 6.02. The first-order chi connectivity index (χ1) is 7.66. The van der Waals surface area contributed by atoms with Crippen LogP contribution >= 0.6 is 11.8 Å². The molecule has 0 bridgehead atoms. The van der Waals surface area contributed by atoms with E-state index in [0.717, 1.165) is 11.8 Å². The average Bonchev–Trinajstić information content (AvgIpc) is 2.59. The molecule has 0 spiro atoms. The average molecular weight is 234 g/mol. The zero-order chi connectivity index (χ0) is 11.5. The van der Waals surface area contributed by atoms with E-state index in [1.54, 1.807) is 24.3 Å². The van der Waals surface area contributed by atoms with Gasteiger partial charge in [-0.05, 0) is 0 Å². The van der Waals surface area contributed by atoms with Crippen LogP contribution in [0.1, 0.15) is 16.8 Å². The molecule has 2 rings (SSSR count). The van der Waals surface area contributed by atoms with Crippen LogP contribution in [0, 0.1) is 0 Å². The number of nitrogens with zero attached hydrogens (tertiary/aromatic N) is 1. The number of hydrogen-bond acceptors (Lipinski definition) is 4. The highest BCUT2D eigenvalue weighted by Gasteiger charge is 2.29. The van der Waals surface area contributed by atoms with Gasteiger partial charge in [-0.15, -0.1) is 0 Å². The molecule has 1 atom stereocenters. The maximum Gasteiger partial charge on any atom is 0.262 e. The molecular formula is C11H10N2O2S. The first-order valence-electron chi connectivity index (χ1n) is 4.80. The largest absolute Gasteiger partial charge is 0.378 e. The number of amidine groups is 1. The SMILES string of the molecule is NC1=NC(=O)[C@H](CC(=O)c2ccccc2)S1. The topological polar surface area (TPSA) is 72.5 Å². The van der Waals surface area contributed by atoms with Crippen molar-refractivity contribution in [3.63, 3.8) is 0 Å². The molecule has 0 fully saturated rings. The predicted octanol–water partition coefficient (Wildman–Crippen LogP) is 1.22. The molecule has 0 unspecified atom stereocenters. The molecule has 1 heterocycles. The summed E-state index contributed by atoms with van der Waals surface area (Å²) >= 11 is 1.15. The van der Waals surface area contributed by atoms with Gasteiger partial charge in [-0.25, -0.2) is 0 Å². The van der Waals surface area contributed by atoms with Gasteiger partial charge in [-0.3, -0.25) is 9.59 Å². The summed E-state index contributed by atoms with van der Waals surface area (Å²) < 4.78 is 0. The van der Waals surface area contributed by atoms with Gasteiger partial charge in [0, 0.05) is 12.0 Å². The van der Waals surface area contributed by atoms with Crippen LogP contribution < -0.4 is 5.73 Å². The minimum absolute atomic E-state index is 0.0589. The minimum Gasteiger partial charge on any atom is -0.378 e. The number of hydrogen-bond donors (Lipinski definition) is 1. The number of carbonyl (C=O) groups is 2. The summed E-state index contributed by atoms with van der Waals surface area (Å²) in [6.45, 7) is 0. The van der Waals surface area contributed by atoms with Gasteiger partial charge in [0.2, 0.25) is 0 Å². The van der Waals surface area contributed by atoms with Crippen molar-refractivity contribution in [1.29, 1.82) is 0 Å². The third-order valence-electron chi connectivity index (χ3n) is 2.23. The molecule has 16 heavy (non-hydrogen) atoms. The number of Topliss-reactive ketones (excluding diaryl/α,β-unsaturated/α-hetero) is 1. The van der Waals surface area contributed by atoms with Gasteiger partial charge in [0.25, 0.3) is 5.91 Å². The fraction of sp³-hybridized carbons (Fsp3) is 0.182. The molecule has 4 nitrogen and oxygen atoms in total. The summed E-state index contributed by atoms with van der Waals surface area (Å²) in [5, 5.41) is -0.205. The molecule has 0 saturated heterocycles. The van der Waals surface area contributed by atoms with Gasteiger partial charge in [0.1, 0.15) is 5.25 Å². The van der Waals surface area contributed by atoms with E-state index in [4.69, 9.17) is 5.73 Å². The molecule has 1 aromatic rings. The standard InChI is InChI=1S/C11H10N2O2S/c12-11-13-10(15)9(16-11)6-8(14)7-4-2-1-3-5-7/h1-5,9H,6H2,(H2,12,13,15)/t9-/m0/s1. The van der Waals surface area contributed by atoms with Crippen LogP contribution in [-0.4, -0.2) is 22.1 Å². The van der Waals surface area contributed by atoms with Crippen LogP contribution in [0.5, 0.6) is 0 Å². The van der Waals surface area contributed by atoms with E-state index in [1.165, 1.54) is 0 Å². The lowest BCUT2D eigenvalue weighted by atomic mass is 10.1. The van der Waals surface area contributed by atoms with Crippen molar-refractivity contribution in [3.8, 4) is 0 Å². The molecule has 0 saturated carbocycles. The number of benzene rings is 1. The molecule has 1 aliphatic heterocycles. The van der Waals surface area contributed by atoms with Crippen LogP contribution in [0.3, 0.4) is 0 Å². The van der Waals surface area contributed by atoms with Crippen LogP contribution in [-0.2, 0) is 4.79 Å². The third kappa shape index (κ3) is 2.30. The maximum absolute atomic E-state index is 11.8. The quantitative estimate of drug-likeness (QED) is 0.798. The van der Waals surface area contributed by atoms with Gasteiger partial charge >= 0.3 is 0 Å². The highest BCUT2D eigenvalue weighted by Crippen LogP contribution is 2.24. The monoisotopic (exact) mass is 234 g/mol. The van der Waals surface area contributed by atoms with E-state index in [1.807, 2.05) is 6.07 Å². The smallest absolute Gasteiger partial charge is 0.262 e. The van der Waals surface area contributed by atoms with Crippen molar-refractivity contribution < 1.29 is 9.59 Å². The molecule has 0 aliphatic carbocycles. The van der Waals surface area contributed by atoms with Crippen LogP contribution in [0.2, 0.25) is 0 Å². The van der Waals surface area contributed by atoms with Gasteiger partial charge in [-0.1, -0.05) is 42.1 Å². The predicted molar refractivity (Wildman–Crippen MR) is 63.4 cm³/mol. The summed E-state index contributed by atoms with van der Waals surface area (Å²) in [6, 6.07) is 8.89. The Kier molecular flexibility index (Phi) is 3.05. The number of thioether (sulfide) groups is 1. The first-order valence-corrected chi connectivity index (χ1v) is 5.67. The summed E-state index contributed by atoms with van der Waals surface area (Å²) in [5.74, 6) is -0.372. The Bertz CT molecular complexity index is 456. The summed E-state index contributed by atoms with van der Waals surface area (Å²) in [4.78, 5) is 26.7. The molecular weight excluding hydrogens is 224 g/mol. The highest BCUT2D eigenvalue weighted by atomic mass is 32.2. The zero-order valence-corrected chi connectivity index (χ0v) is 9.24. The fourth-order valence-corrected chi connectivity index (χ4v) is 2.26. The molecule has 0 radical (unpaired) electrons. The second-order valence-corrected chi connectivity index (χ2v) is 4.61. The van der Waals surface area contributed by atoms with E-state index < -0.39 is 5.25 Å². The van der Waals surface area contributed by atoms with E-state index in [0.29, 0.717) is 5.56 Å². The van der Waals surface area contributed by atoms with Crippen molar-refractivity contribution in [2.75, 3.05) is 0 Å². The van der Waals surface area contributed by atoms with Gasteiger partial charge in [0.15, 0.2) is 11.0 Å². The fourth-order valence-electron chi connectivity index (χ4n) is 1.44. The van der Waals surface area contributed by atoms with Crippen molar-refractivity contribution in [2.45, 2.75) is 11.7 Å². The van der Waals surface area contributed by atoms with Gasteiger partial charge in [0.05, 0.1) is 0 Å². The number of nitrogens with two attached hydrogens (primary N) is 1. The molecule has 1 aromatic carbocycles. The molecule has 5 heteroatoms. The Balaban J connectivity index is 2.02. The Morgan fingerprint density at radius 2 is 2.06 bits per heavy atom. The van der Waals surface area contributed by atoms with Gasteiger partial charge in [-0.2, -0.15) is 4.99 Å². The number of aliphatic imine (C=N–C) groups is 1. The normalized spacial score (nSPS) is 19.6. The van der Waals surface area contributed by atoms with E-state index in [-0.39, 0.29) is 23.3 Å². The van der Waals surface area contributed by atoms with E-state index >= 15 is 0 Å². The first kappa shape index (κ1) is 10.9. The zero-order valence-electron chi connectivity index (χ0n) is 8.42. The van der Waals surface area contributed by atoms with Crippen molar-refractivity contribution >= 4 is 28.6 Å². The third-order valence-corrected chi connectivity index (χ3v) is 3.21. The number of carbonyl (C=O) groups excluding carboxylic acids is 2. The molecule has 2 N–H and O–H groups in total. The lowest BCUT2D eigenvalue weighted by molar-refractivity contribution is -0.117. The Hall–Kier alpha value is -1.62. The summed E-state index contributed by atoms with van der Waals surface area (Å²) in [6.07, 6.45) is 0.151. The van der Waals surface area contributed by atoms with Gasteiger partial charge < -0.3 is 5.73 Å². The minimum atomic E-state index is -0.451. The number of rotatable bonds is 3. The van der Waals surface area contributed by atoms with E-state index in [2.05, 4.69) is 4.99 Å². The molecule has 0 aromatic heterocycles. The number of amides is 1. The Morgan fingerprint density at radius 1 is 1.38 bits per heavy atom. The molecule has 82 valence electrons. The van der Waals surface area contributed by atoms with E-state index in [9.17, 15) is 9.59 Å². The second kappa shape index (κ2) is 4.49. The van der Waals surface area contributed by atoms with Crippen LogP contribution in [0.15, 0.2) is 35.3 Å². The molecule has 1 amide bonds. The lowest BCUT2D eigenvalue weighted by Gasteiger charge is -2.04. The number of ketones is 1. The van der Waals surface area contributed by atoms with Crippen LogP contribution in [0.25, 0.3) is 0 Å². The Morgan fingerprint density at radius 3 is 2.62 bits per heavy atom. The van der Waals surface area contributed by atoms with Crippen molar-refractivity contribution in [1.82, 2.24) is 0 Å². The molecule has 1 aliphatic rings. The van der Waals surface area contributed by atoms with Crippen molar-refractivity contribution in [2.24, 2.45) is 10.7 Å². The van der Waals surface area contributed by atoms with Crippen molar-refractivity contribution in [3.05, 3.63) is 35.9 Å². The lowest BCUT2D eigenvalue weighted by Crippen LogP contribution is -2.16. The second-order valence-electron chi connectivity index (χ2n) is 3.39. The van der Waals surface area contributed by atoms with Crippen LogP contribution in [0.4, 0.5) is 0 Å². The highest BCUT2D eigenvalue weighted by molar-refractivity contribution is 8.15. The Labute approximate surface area is 96.9 Å².